The summed E-state index contributed by atoms with van der Waals surface area (Å²) in [5, 5.41) is 9.74. The number of aromatic nitrogens is 1. The van der Waals surface area contributed by atoms with Gasteiger partial charge in [0.25, 0.3) is 0 Å². The molecule has 144 valence electrons. The van der Waals surface area contributed by atoms with Crippen LogP contribution in [0.5, 0.6) is 11.5 Å². The molecule has 1 aromatic carbocycles. The van der Waals surface area contributed by atoms with E-state index in [-0.39, 0.29) is 6.04 Å². The number of pyridine rings is 1. The lowest BCUT2D eigenvalue weighted by Crippen LogP contribution is -2.39. The van der Waals surface area contributed by atoms with Gasteiger partial charge in [0.05, 0.1) is 31.5 Å². The summed E-state index contributed by atoms with van der Waals surface area (Å²) in [6.07, 6.45) is 4.21. The predicted molar refractivity (Wildman–Crippen MR) is 102 cm³/mol. The maximum absolute atomic E-state index is 11.9. The first-order chi connectivity index (χ1) is 13.1. The van der Waals surface area contributed by atoms with Crippen LogP contribution in [0.4, 0.5) is 0 Å². The van der Waals surface area contributed by atoms with Crippen molar-refractivity contribution in [3.05, 3.63) is 53.3 Å². The Balaban J connectivity index is 2.17. The summed E-state index contributed by atoms with van der Waals surface area (Å²) in [4.78, 5) is 18.5. The fraction of sp³-hybridized carbons (Fsp3) is 0.429. The van der Waals surface area contributed by atoms with Gasteiger partial charge >= 0.3 is 5.97 Å². The Bertz CT molecular complexity index is 769. The molecule has 2 unspecified atom stereocenters. The average molecular weight is 370 g/mol. The second-order valence-corrected chi connectivity index (χ2v) is 6.66. The van der Waals surface area contributed by atoms with Crippen molar-refractivity contribution in [3.63, 3.8) is 0 Å². The maximum Gasteiger partial charge on any atom is 0.320 e. The fourth-order valence-electron chi connectivity index (χ4n) is 3.80. The van der Waals surface area contributed by atoms with E-state index in [9.17, 15) is 9.90 Å². The number of carboxylic acids is 1. The van der Waals surface area contributed by atoms with Gasteiger partial charge < -0.3 is 14.6 Å². The molecule has 0 aliphatic carbocycles. The van der Waals surface area contributed by atoms with Crippen molar-refractivity contribution in [1.29, 1.82) is 0 Å². The number of carboxylic acid groups (broad SMARTS) is 1. The second kappa shape index (κ2) is 8.39. The van der Waals surface area contributed by atoms with Crippen LogP contribution >= 0.6 is 0 Å². The number of hydrogen-bond acceptors (Lipinski definition) is 5. The van der Waals surface area contributed by atoms with Crippen molar-refractivity contribution in [2.75, 3.05) is 20.8 Å². The molecule has 1 aliphatic rings. The quantitative estimate of drug-likeness (QED) is 0.806. The molecule has 1 aromatic heterocycles. The van der Waals surface area contributed by atoms with Crippen LogP contribution in [0, 0.1) is 0 Å². The number of rotatable bonds is 7. The normalized spacial score (nSPS) is 18.3. The third kappa shape index (κ3) is 3.76. The molecular weight excluding hydrogens is 344 g/mol. The fourth-order valence-corrected chi connectivity index (χ4v) is 3.80. The Morgan fingerprint density at radius 1 is 1.26 bits per heavy atom. The first kappa shape index (κ1) is 19.2. The van der Waals surface area contributed by atoms with E-state index < -0.39 is 12.0 Å². The summed E-state index contributed by atoms with van der Waals surface area (Å²) in [5.74, 6) is 0.519. The molecule has 2 aromatic rings. The highest BCUT2D eigenvalue weighted by atomic mass is 16.5. The summed E-state index contributed by atoms with van der Waals surface area (Å²) < 4.78 is 11.2. The summed E-state index contributed by atoms with van der Waals surface area (Å²) in [6, 6.07) is 8.72. The maximum atomic E-state index is 11.9. The van der Waals surface area contributed by atoms with E-state index >= 15 is 0 Å². The van der Waals surface area contributed by atoms with Gasteiger partial charge in [0, 0.05) is 12.7 Å². The van der Waals surface area contributed by atoms with Gasteiger partial charge in [0.1, 0.15) is 17.5 Å². The zero-order chi connectivity index (χ0) is 19.4. The highest BCUT2D eigenvalue weighted by Crippen LogP contribution is 2.43. The molecule has 0 saturated carbocycles. The van der Waals surface area contributed by atoms with Gasteiger partial charge in [-0.25, -0.2) is 0 Å². The Kier molecular flexibility index (Phi) is 5.96. The van der Waals surface area contributed by atoms with Crippen molar-refractivity contribution in [2.24, 2.45) is 0 Å². The van der Waals surface area contributed by atoms with Gasteiger partial charge in [-0.1, -0.05) is 19.1 Å². The summed E-state index contributed by atoms with van der Waals surface area (Å²) >= 11 is 0. The van der Waals surface area contributed by atoms with Crippen LogP contribution in [0.25, 0.3) is 0 Å². The third-order valence-corrected chi connectivity index (χ3v) is 5.19. The smallest absolute Gasteiger partial charge is 0.320 e. The van der Waals surface area contributed by atoms with E-state index in [2.05, 4.69) is 11.9 Å². The van der Waals surface area contributed by atoms with Gasteiger partial charge in [-0.2, -0.15) is 0 Å². The van der Waals surface area contributed by atoms with Crippen LogP contribution in [-0.2, 0) is 11.2 Å². The van der Waals surface area contributed by atoms with Crippen molar-refractivity contribution >= 4 is 5.97 Å². The summed E-state index contributed by atoms with van der Waals surface area (Å²) in [6.45, 7) is 2.76. The monoisotopic (exact) mass is 370 g/mol. The molecular formula is C21H26N2O4. The molecule has 0 spiro atoms. The average Bonchev–Trinajstić information content (AvgIpc) is 3.18. The van der Waals surface area contributed by atoms with Crippen molar-refractivity contribution in [2.45, 2.75) is 38.3 Å². The number of benzene rings is 1. The Morgan fingerprint density at radius 3 is 2.48 bits per heavy atom. The van der Waals surface area contributed by atoms with Crippen LogP contribution in [0.15, 0.2) is 36.5 Å². The Hall–Kier alpha value is -2.60. The molecule has 1 N–H and O–H groups in total. The molecule has 0 radical (unpaired) electrons. The zero-order valence-corrected chi connectivity index (χ0v) is 16.0. The molecule has 27 heavy (non-hydrogen) atoms. The molecule has 2 atom stereocenters. The van der Waals surface area contributed by atoms with E-state index in [0.717, 1.165) is 29.7 Å². The highest BCUT2D eigenvalue weighted by Gasteiger charge is 2.39. The van der Waals surface area contributed by atoms with Crippen LogP contribution in [0.2, 0.25) is 0 Å². The van der Waals surface area contributed by atoms with Crippen LogP contribution < -0.4 is 9.47 Å². The molecule has 3 rings (SSSR count). The minimum atomic E-state index is -0.809. The minimum absolute atomic E-state index is 0.356. The molecule has 1 fully saturated rings. The number of carbonyl (C=O) groups is 1. The van der Waals surface area contributed by atoms with Gasteiger partial charge in [-0.05, 0) is 43.0 Å². The SMILES string of the molecule is CCc1ccc(C(c2c(OC)cccc2OC)N2CCCC2C(=O)O)nc1. The number of aliphatic carboxylic acids is 1. The zero-order valence-electron chi connectivity index (χ0n) is 16.0. The topological polar surface area (TPSA) is 71.9 Å². The Labute approximate surface area is 159 Å². The van der Waals surface area contributed by atoms with E-state index in [0.29, 0.717) is 24.5 Å². The third-order valence-electron chi connectivity index (χ3n) is 5.19. The van der Waals surface area contributed by atoms with Crippen LogP contribution in [-0.4, -0.2) is 47.8 Å². The van der Waals surface area contributed by atoms with Crippen molar-refractivity contribution < 1.29 is 19.4 Å². The van der Waals surface area contributed by atoms with E-state index in [1.165, 1.54) is 0 Å². The largest absolute Gasteiger partial charge is 0.496 e. The number of ether oxygens (including phenoxy) is 2. The highest BCUT2D eigenvalue weighted by molar-refractivity contribution is 5.74. The number of aryl methyl sites for hydroxylation is 1. The van der Waals surface area contributed by atoms with E-state index in [4.69, 9.17) is 9.47 Å². The van der Waals surface area contributed by atoms with Gasteiger partial charge in [-0.15, -0.1) is 0 Å². The van der Waals surface area contributed by atoms with Crippen molar-refractivity contribution in [3.8, 4) is 11.5 Å². The molecule has 2 heterocycles. The molecule has 0 amide bonds. The Morgan fingerprint density at radius 2 is 1.96 bits per heavy atom. The number of likely N-dealkylation sites (tertiary alicyclic amines) is 1. The summed E-state index contributed by atoms with van der Waals surface area (Å²) in [7, 11) is 3.23. The van der Waals surface area contributed by atoms with Gasteiger partial charge in [0.2, 0.25) is 0 Å². The van der Waals surface area contributed by atoms with Crippen LogP contribution in [0.1, 0.15) is 42.6 Å². The number of methoxy groups -OCH3 is 2. The van der Waals surface area contributed by atoms with E-state index in [1.54, 1.807) is 14.2 Å². The lowest BCUT2D eigenvalue weighted by Gasteiger charge is -2.32. The molecule has 1 saturated heterocycles. The van der Waals surface area contributed by atoms with E-state index in [1.807, 2.05) is 41.4 Å². The molecule has 1 aliphatic heterocycles. The van der Waals surface area contributed by atoms with Crippen LogP contribution in [0.3, 0.4) is 0 Å². The van der Waals surface area contributed by atoms with Crippen molar-refractivity contribution in [1.82, 2.24) is 9.88 Å². The molecule has 0 bridgehead atoms. The lowest BCUT2D eigenvalue weighted by atomic mass is 9.97. The number of nitrogens with zero attached hydrogens (tertiary/aromatic N) is 2. The molecule has 6 nitrogen and oxygen atoms in total. The minimum Gasteiger partial charge on any atom is -0.496 e. The first-order valence-electron chi connectivity index (χ1n) is 9.25. The predicted octanol–water partition coefficient (Wildman–Crippen LogP) is 3.30. The lowest BCUT2D eigenvalue weighted by molar-refractivity contribution is -0.142. The second-order valence-electron chi connectivity index (χ2n) is 6.66. The first-order valence-corrected chi connectivity index (χ1v) is 9.25. The number of hydrogen-bond donors (Lipinski definition) is 1. The standard InChI is InChI=1S/C21H26N2O4/c1-4-14-10-11-15(22-13-14)20(23-12-6-7-16(23)21(24)25)19-17(26-2)8-5-9-18(19)27-3/h5,8-11,13,16,20H,4,6-7,12H2,1-3H3,(H,24,25). The summed E-state index contributed by atoms with van der Waals surface area (Å²) in [5.41, 5.74) is 2.75. The van der Waals surface area contributed by atoms with Gasteiger partial charge in [0.15, 0.2) is 0 Å². The molecule has 6 heteroatoms. The van der Waals surface area contributed by atoms with Gasteiger partial charge in [-0.3, -0.25) is 14.7 Å².